The van der Waals surface area contributed by atoms with Gasteiger partial charge in [-0.2, -0.15) is 0 Å². The zero-order valence-corrected chi connectivity index (χ0v) is 14.6. The number of carbonyl (C=O) groups is 1. The van der Waals surface area contributed by atoms with E-state index in [1.54, 1.807) is 12.1 Å². The molecule has 0 aromatic heterocycles. The normalized spacial score (nSPS) is 21.4. The van der Waals surface area contributed by atoms with E-state index in [1.807, 2.05) is 30.3 Å². The third kappa shape index (κ3) is 3.89. The van der Waals surface area contributed by atoms with Gasteiger partial charge in [0.25, 0.3) is 5.91 Å². The standard InChI is InChI=1S/C21H23NO4/c23-18-11-15-3-6-17(10-16(15)12-18)22-21(24)14-4-7-19(8-5-14)26-13-20-2-1-9-25-20/h3-8,10,18,20,23H,1-2,9,11-13H2,(H,22,24)/t18-,20-/m0/s1. The van der Waals surface area contributed by atoms with E-state index >= 15 is 0 Å². The molecule has 0 bridgehead atoms. The molecule has 1 aliphatic heterocycles. The van der Waals surface area contributed by atoms with Crippen LogP contribution in [0.5, 0.6) is 5.75 Å². The molecule has 136 valence electrons. The fourth-order valence-corrected chi connectivity index (χ4v) is 3.54. The van der Waals surface area contributed by atoms with Crippen LogP contribution in [0.2, 0.25) is 0 Å². The summed E-state index contributed by atoms with van der Waals surface area (Å²) < 4.78 is 11.3. The lowest BCUT2D eigenvalue weighted by atomic mass is 10.1. The highest BCUT2D eigenvalue weighted by Gasteiger charge is 2.20. The number of nitrogens with one attached hydrogen (secondary N) is 1. The van der Waals surface area contributed by atoms with Crippen LogP contribution in [0.4, 0.5) is 5.69 Å². The van der Waals surface area contributed by atoms with E-state index in [4.69, 9.17) is 9.47 Å². The van der Waals surface area contributed by atoms with Gasteiger partial charge >= 0.3 is 0 Å². The number of carbonyl (C=O) groups excluding carboxylic acids is 1. The minimum Gasteiger partial charge on any atom is -0.491 e. The van der Waals surface area contributed by atoms with Crippen molar-refractivity contribution in [3.05, 3.63) is 59.2 Å². The lowest BCUT2D eigenvalue weighted by Crippen LogP contribution is -2.16. The molecule has 0 spiro atoms. The Morgan fingerprint density at radius 3 is 2.73 bits per heavy atom. The number of ether oxygens (including phenoxy) is 2. The molecule has 2 aromatic rings. The molecule has 0 unspecified atom stereocenters. The average Bonchev–Trinajstić information content (AvgIpc) is 3.28. The first kappa shape index (κ1) is 17.1. The van der Waals surface area contributed by atoms with Crippen molar-refractivity contribution in [3.8, 4) is 5.75 Å². The van der Waals surface area contributed by atoms with Crippen molar-refractivity contribution in [2.24, 2.45) is 0 Å². The third-order valence-electron chi connectivity index (χ3n) is 4.95. The number of benzene rings is 2. The van der Waals surface area contributed by atoms with E-state index in [-0.39, 0.29) is 18.1 Å². The Balaban J connectivity index is 1.35. The molecule has 1 heterocycles. The predicted octanol–water partition coefficient (Wildman–Crippen LogP) is 2.96. The largest absolute Gasteiger partial charge is 0.491 e. The van der Waals surface area contributed by atoms with Crippen LogP contribution in [0.25, 0.3) is 0 Å². The smallest absolute Gasteiger partial charge is 0.255 e. The fourth-order valence-electron chi connectivity index (χ4n) is 3.54. The quantitative estimate of drug-likeness (QED) is 0.867. The molecule has 1 aliphatic carbocycles. The van der Waals surface area contributed by atoms with Crippen molar-refractivity contribution in [3.63, 3.8) is 0 Å². The Morgan fingerprint density at radius 2 is 1.96 bits per heavy atom. The van der Waals surface area contributed by atoms with Crippen LogP contribution in [-0.4, -0.2) is 36.4 Å². The van der Waals surface area contributed by atoms with Crippen LogP contribution in [0.1, 0.15) is 34.3 Å². The zero-order chi connectivity index (χ0) is 17.9. The van der Waals surface area contributed by atoms with E-state index in [1.165, 1.54) is 0 Å². The summed E-state index contributed by atoms with van der Waals surface area (Å²) in [5.74, 6) is 0.581. The molecule has 2 aliphatic rings. The van der Waals surface area contributed by atoms with Gasteiger partial charge in [0.15, 0.2) is 0 Å². The van der Waals surface area contributed by atoms with Crippen molar-refractivity contribution in [1.29, 1.82) is 0 Å². The molecule has 2 atom stereocenters. The first-order valence-corrected chi connectivity index (χ1v) is 9.13. The van der Waals surface area contributed by atoms with Crippen molar-refractivity contribution in [2.45, 2.75) is 37.9 Å². The summed E-state index contributed by atoms with van der Waals surface area (Å²) in [5.41, 5.74) is 3.59. The maximum Gasteiger partial charge on any atom is 0.255 e. The molecule has 1 saturated heterocycles. The van der Waals surface area contributed by atoms with Crippen molar-refractivity contribution in [1.82, 2.24) is 0 Å². The molecule has 26 heavy (non-hydrogen) atoms. The minimum absolute atomic E-state index is 0.158. The summed E-state index contributed by atoms with van der Waals surface area (Å²) in [4.78, 5) is 12.4. The van der Waals surface area contributed by atoms with Gasteiger partial charge < -0.3 is 19.9 Å². The van der Waals surface area contributed by atoms with Crippen LogP contribution >= 0.6 is 0 Å². The van der Waals surface area contributed by atoms with Crippen LogP contribution in [0, 0.1) is 0 Å². The fraction of sp³-hybridized carbons (Fsp3) is 0.381. The lowest BCUT2D eigenvalue weighted by Gasteiger charge is -2.12. The molecule has 5 nitrogen and oxygen atoms in total. The Kier molecular flexibility index (Phi) is 4.91. The van der Waals surface area contributed by atoms with E-state index < -0.39 is 0 Å². The summed E-state index contributed by atoms with van der Waals surface area (Å²) in [6, 6.07) is 12.9. The van der Waals surface area contributed by atoms with Crippen molar-refractivity contribution in [2.75, 3.05) is 18.5 Å². The Bertz CT molecular complexity index is 781. The van der Waals surface area contributed by atoms with Crippen molar-refractivity contribution >= 4 is 11.6 Å². The van der Waals surface area contributed by atoms with Crippen LogP contribution in [0.15, 0.2) is 42.5 Å². The molecule has 5 heteroatoms. The first-order chi connectivity index (χ1) is 12.7. The number of hydrogen-bond acceptors (Lipinski definition) is 4. The van der Waals surface area contributed by atoms with E-state index in [0.717, 1.165) is 42.0 Å². The summed E-state index contributed by atoms with van der Waals surface area (Å²) in [5, 5.41) is 12.7. The highest BCUT2D eigenvalue weighted by Crippen LogP contribution is 2.25. The van der Waals surface area contributed by atoms with Gasteiger partial charge in [-0.15, -0.1) is 0 Å². The molecule has 2 aromatic carbocycles. The van der Waals surface area contributed by atoms with Gasteiger partial charge in [0, 0.05) is 17.9 Å². The summed E-state index contributed by atoms with van der Waals surface area (Å²) >= 11 is 0. The number of rotatable bonds is 5. The second-order valence-electron chi connectivity index (χ2n) is 6.97. The third-order valence-corrected chi connectivity index (χ3v) is 4.95. The van der Waals surface area contributed by atoms with Gasteiger partial charge in [-0.1, -0.05) is 6.07 Å². The second-order valence-corrected chi connectivity index (χ2v) is 6.97. The highest BCUT2D eigenvalue weighted by atomic mass is 16.5. The Morgan fingerprint density at radius 1 is 1.15 bits per heavy atom. The number of fused-ring (bicyclic) bond motifs is 1. The van der Waals surface area contributed by atoms with Gasteiger partial charge in [-0.25, -0.2) is 0 Å². The predicted molar refractivity (Wildman–Crippen MR) is 98.7 cm³/mol. The highest BCUT2D eigenvalue weighted by molar-refractivity contribution is 6.04. The molecule has 1 amide bonds. The average molecular weight is 353 g/mol. The van der Waals surface area contributed by atoms with Crippen molar-refractivity contribution < 1.29 is 19.4 Å². The molecule has 1 fully saturated rings. The van der Waals surface area contributed by atoms with Gasteiger partial charge in [-0.3, -0.25) is 4.79 Å². The van der Waals surface area contributed by atoms with Gasteiger partial charge in [0.05, 0.1) is 12.2 Å². The number of anilines is 1. The summed E-state index contributed by atoms with van der Waals surface area (Å²) in [7, 11) is 0. The summed E-state index contributed by atoms with van der Waals surface area (Å²) in [6.07, 6.45) is 3.34. The Hall–Kier alpha value is -2.37. The maximum absolute atomic E-state index is 12.4. The number of amides is 1. The Labute approximate surface area is 152 Å². The molecule has 0 saturated carbocycles. The zero-order valence-electron chi connectivity index (χ0n) is 14.6. The van der Waals surface area contributed by atoms with E-state index in [9.17, 15) is 9.90 Å². The van der Waals surface area contributed by atoms with Gasteiger partial charge in [0.2, 0.25) is 0 Å². The topological polar surface area (TPSA) is 67.8 Å². The van der Waals surface area contributed by atoms with Gasteiger partial charge in [-0.05, 0) is 73.2 Å². The van der Waals surface area contributed by atoms with E-state index in [2.05, 4.69) is 5.32 Å². The monoisotopic (exact) mass is 353 g/mol. The second kappa shape index (κ2) is 7.48. The molecular weight excluding hydrogens is 330 g/mol. The lowest BCUT2D eigenvalue weighted by molar-refractivity contribution is 0.0679. The van der Waals surface area contributed by atoms with Gasteiger partial charge in [0.1, 0.15) is 12.4 Å². The molecule has 2 N–H and O–H groups in total. The van der Waals surface area contributed by atoms with E-state index in [0.29, 0.717) is 25.0 Å². The molecular formula is C21H23NO4. The van der Waals surface area contributed by atoms with Crippen LogP contribution < -0.4 is 10.1 Å². The number of aliphatic hydroxyl groups excluding tert-OH is 1. The summed E-state index contributed by atoms with van der Waals surface area (Å²) in [6.45, 7) is 1.36. The number of aliphatic hydroxyl groups is 1. The SMILES string of the molecule is O=C(Nc1ccc2c(c1)C[C@@H](O)C2)c1ccc(OC[C@@H]2CCCO2)cc1. The molecule has 4 rings (SSSR count). The van der Waals surface area contributed by atoms with Crippen LogP contribution in [0.3, 0.4) is 0 Å². The number of hydrogen-bond donors (Lipinski definition) is 2. The molecule has 0 radical (unpaired) electrons. The minimum atomic E-state index is -0.307. The van der Waals surface area contributed by atoms with Crippen LogP contribution in [-0.2, 0) is 17.6 Å². The maximum atomic E-state index is 12.4. The first-order valence-electron chi connectivity index (χ1n) is 9.13.